The van der Waals surface area contributed by atoms with Gasteiger partial charge in [0.15, 0.2) is 11.9 Å². The van der Waals surface area contributed by atoms with E-state index in [1.54, 1.807) is 30.3 Å². The first-order chi connectivity index (χ1) is 13.5. The van der Waals surface area contributed by atoms with E-state index in [-0.39, 0.29) is 29.9 Å². The zero-order valence-electron chi connectivity index (χ0n) is 15.8. The van der Waals surface area contributed by atoms with E-state index in [0.717, 1.165) is 0 Å². The molecule has 0 saturated carbocycles. The minimum Gasteiger partial charge on any atom is -0.478 e. The highest BCUT2D eigenvalue weighted by atomic mass is 16.5. The number of methoxy groups -OCH3 is 1. The van der Waals surface area contributed by atoms with Crippen molar-refractivity contribution in [2.45, 2.75) is 19.4 Å². The lowest BCUT2D eigenvalue weighted by Gasteiger charge is -2.34. The molecular weight excluding hydrogens is 364 g/mol. The number of fused-ring (bicyclic) bond motifs is 1. The summed E-state index contributed by atoms with van der Waals surface area (Å²) in [6.45, 7) is 2.38. The van der Waals surface area contributed by atoms with Crippen LogP contribution in [0.2, 0.25) is 0 Å². The molecular formula is C20H22N2O6. The Bertz CT molecular complexity index is 862. The first kappa shape index (κ1) is 19.6. The van der Waals surface area contributed by atoms with E-state index < -0.39 is 6.10 Å². The number of carbonyl (C=O) groups is 3. The van der Waals surface area contributed by atoms with Crippen LogP contribution < -0.4 is 15.0 Å². The van der Waals surface area contributed by atoms with Gasteiger partial charge in [-0.15, -0.1) is 0 Å². The summed E-state index contributed by atoms with van der Waals surface area (Å²) in [5, 5.41) is 2.69. The van der Waals surface area contributed by atoms with E-state index in [1.165, 1.54) is 18.3 Å². The third-order valence-electron chi connectivity index (χ3n) is 4.37. The Morgan fingerprint density at radius 2 is 2.11 bits per heavy atom. The molecule has 0 spiro atoms. The lowest BCUT2D eigenvalue weighted by Crippen LogP contribution is -2.50. The van der Waals surface area contributed by atoms with E-state index in [2.05, 4.69) is 5.32 Å². The van der Waals surface area contributed by atoms with Crippen molar-refractivity contribution in [3.05, 3.63) is 47.9 Å². The summed E-state index contributed by atoms with van der Waals surface area (Å²) < 4.78 is 15.8. The van der Waals surface area contributed by atoms with Gasteiger partial charge in [0.05, 0.1) is 18.6 Å². The predicted octanol–water partition coefficient (Wildman–Crippen LogP) is 1.78. The monoisotopic (exact) mass is 386 g/mol. The molecule has 0 bridgehead atoms. The molecule has 8 nitrogen and oxygen atoms in total. The van der Waals surface area contributed by atoms with Gasteiger partial charge in [0, 0.05) is 19.2 Å². The van der Waals surface area contributed by atoms with Crippen LogP contribution in [0.1, 0.15) is 29.5 Å². The number of carbonyl (C=O) groups excluding carboxylic acids is 3. The quantitative estimate of drug-likeness (QED) is 0.549. The van der Waals surface area contributed by atoms with Crippen molar-refractivity contribution in [3.63, 3.8) is 0 Å². The van der Waals surface area contributed by atoms with Gasteiger partial charge in [0.2, 0.25) is 11.7 Å². The number of nitrogens with zero attached hydrogens (tertiary/aromatic N) is 1. The molecule has 3 rings (SSSR count). The lowest BCUT2D eigenvalue weighted by atomic mass is 10.0. The Balaban J connectivity index is 1.89. The molecule has 2 heterocycles. The summed E-state index contributed by atoms with van der Waals surface area (Å²) in [5.74, 6) is -0.317. The number of anilines is 1. The fourth-order valence-electron chi connectivity index (χ4n) is 2.93. The Labute approximate surface area is 162 Å². The van der Waals surface area contributed by atoms with Gasteiger partial charge >= 0.3 is 0 Å². The summed E-state index contributed by atoms with van der Waals surface area (Å²) in [5.41, 5.74) is 0.721. The molecule has 2 amide bonds. The predicted molar refractivity (Wildman–Crippen MR) is 101 cm³/mol. The van der Waals surface area contributed by atoms with Crippen LogP contribution >= 0.6 is 0 Å². The minimum absolute atomic E-state index is 0.173. The number of nitrogens with one attached hydrogen (secondary N) is 1. The highest BCUT2D eigenvalue weighted by Crippen LogP contribution is 2.36. The number of amides is 2. The highest BCUT2D eigenvalue weighted by Gasteiger charge is 2.35. The second-order valence-corrected chi connectivity index (χ2v) is 6.27. The van der Waals surface area contributed by atoms with Crippen LogP contribution in [0.3, 0.4) is 0 Å². The zero-order valence-corrected chi connectivity index (χ0v) is 15.8. The summed E-state index contributed by atoms with van der Waals surface area (Å²) in [7, 11) is 1.54. The normalized spacial score (nSPS) is 15.7. The maximum Gasteiger partial charge on any atom is 0.268 e. The average Bonchev–Trinajstić information content (AvgIpc) is 3.24. The Hall–Kier alpha value is -3.13. The van der Waals surface area contributed by atoms with Gasteiger partial charge < -0.3 is 19.2 Å². The van der Waals surface area contributed by atoms with Gasteiger partial charge in [-0.3, -0.25) is 19.3 Å². The van der Waals surface area contributed by atoms with Crippen LogP contribution in [-0.4, -0.2) is 50.5 Å². The van der Waals surface area contributed by atoms with Crippen LogP contribution in [0.5, 0.6) is 5.75 Å². The molecule has 1 unspecified atom stereocenters. The molecule has 2 aromatic rings. The van der Waals surface area contributed by atoms with E-state index in [1.807, 2.05) is 6.92 Å². The summed E-state index contributed by atoms with van der Waals surface area (Å²) in [6, 6.07) is 7.99. The molecule has 148 valence electrons. The standard InChI is InChI=1S/C20H22N2O6/c1-3-15-20(25)22(12-18(23)21-8-10-26-2)14-11-13(6-7-16(14)28-15)19(24)17-5-4-9-27-17/h4-7,9,11,15H,3,8,10,12H2,1-2H3,(H,21,23). The number of ketones is 1. The number of hydrogen-bond donors (Lipinski definition) is 1. The molecule has 0 saturated heterocycles. The number of rotatable bonds is 8. The van der Waals surface area contributed by atoms with Gasteiger partial charge in [-0.2, -0.15) is 0 Å². The van der Waals surface area contributed by atoms with Crippen molar-refractivity contribution in [1.82, 2.24) is 5.32 Å². The van der Waals surface area contributed by atoms with Gasteiger partial charge in [-0.05, 0) is 36.8 Å². The first-order valence-corrected chi connectivity index (χ1v) is 9.01. The largest absolute Gasteiger partial charge is 0.478 e. The van der Waals surface area contributed by atoms with Crippen LogP contribution in [0.25, 0.3) is 0 Å². The van der Waals surface area contributed by atoms with Crippen molar-refractivity contribution in [2.75, 3.05) is 31.7 Å². The summed E-state index contributed by atoms with van der Waals surface area (Å²) in [6.07, 6.45) is 1.21. The van der Waals surface area contributed by atoms with Crippen molar-refractivity contribution in [2.24, 2.45) is 0 Å². The van der Waals surface area contributed by atoms with Gasteiger partial charge in [0.1, 0.15) is 12.3 Å². The molecule has 1 N–H and O–H groups in total. The number of ether oxygens (including phenoxy) is 2. The molecule has 0 aliphatic carbocycles. The summed E-state index contributed by atoms with van der Waals surface area (Å²) in [4.78, 5) is 39.0. The smallest absolute Gasteiger partial charge is 0.268 e. The fourth-order valence-corrected chi connectivity index (χ4v) is 2.93. The molecule has 0 fully saturated rings. The summed E-state index contributed by atoms with van der Waals surface area (Å²) >= 11 is 0. The first-order valence-electron chi connectivity index (χ1n) is 9.01. The third-order valence-corrected chi connectivity index (χ3v) is 4.37. The molecule has 0 radical (unpaired) electrons. The van der Waals surface area contributed by atoms with Crippen LogP contribution in [-0.2, 0) is 14.3 Å². The molecule has 1 aromatic heterocycles. The van der Waals surface area contributed by atoms with E-state index in [0.29, 0.717) is 36.6 Å². The van der Waals surface area contributed by atoms with Crippen molar-refractivity contribution >= 4 is 23.3 Å². The van der Waals surface area contributed by atoms with Gasteiger partial charge in [-0.25, -0.2) is 0 Å². The van der Waals surface area contributed by atoms with Crippen molar-refractivity contribution in [1.29, 1.82) is 0 Å². The number of hydrogen-bond acceptors (Lipinski definition) is 6. The van der Waals surface area contributed by atoms with Crippen LogP contribution in [0.4, 0.5) is 5.69 Å². The Morgan fingerprint density at radius 3 is 2.79 bits per heavy atom. The lowest BCUT2D eigenvalue weighted by molar-refractivity contribution is -0.129. The Morgan fingerprint density at radius 1 is 1.29 bits per heavy atom. The maximum absolute atomic E-state index is 12.8. The minimum atomic E-state index is -0.675. The molecule has 28 heavy (non-hydrogen) atoms. The topological polar surface area (TPSA) is 98.1 Å². The third kappa shape index (κ3) is 4.07. The molecule has 1 aliphatic heterocycles. The molecule has 1 aromatic carbocycles. The zero-order chi connectivity index (χ0) is 20.1. The van der Waals surface area contributed by atoms with Gasteiger partial charge in [-0.1, -0.05) is 6.92 Å². The second-order valence-electron chi connectivity index (χ2n) is 6.27. The molecule has 1 aliphatic rings. The van der Waals surface area contributed by atoms with Crippen LogP contribution in [0.15, 0.2) is 41.0 Å². The van der Waals surface area contributed by atoms with E-state index in [4.69, 9.17) is 13.9 Å². The van der Waals surface area contributed by atoms with Crippen molar-refractivity contribution < 1.29 is 28.3 Å². The second kappa shape index (κ2) is 8.71. The highest BCUT2D eigenvalue weighted by molar-refractivity contribution is 6.10. The number of benzene rings is 1. The number of furan rings is 1. The average molecular weight is 386 g/mol. The maximum atomic E-state index is 12.8. The van der Waals surface area contributed by atoms with Crippen LogP contribution in [0, 0.1) is 0 Å². The van der Waals surface area contributed by atoms with E-state index >= 15 is 0 Å². The van der Waals surface area contributed by atoms with Gasteiger partial charge in [0.25, 0.3) is 5.91 Å². The molecule has 1 atom stereocenters. The SMILES string of the molecule is CCC1Oc2ccc(C(=O)c3ccco3)cc2N(CC(=O)NCCOC)C1=O. The Kier molecular flexibility index (Phi) is 6.10. The van der Waals surface area contributed by atoms with Crippen molar-refractivity contribution in [3.8, 4) is 5.75 Å². The fraction of sp³-hybridized carbons (Fsp3) is 0.350. The van der Waals surface area contributed by atoms with E-state index in [9.17, 15) is 14.4 Å². The molecule has 8 heteroatoms.